The first-order valence-electron chi connectivity index (χ1n) is 37.5. The molecule has 0 aliphatic heterocycles. The highest BCUT2D eigenvalue weighted by molar-refractivity contribution is 6.10. The summed E-state index contributed by atoms with van der Waals surface area (Å²) in [6.45, 7) is 4.49. The van der Waals surface area contributed by atoms with Crippen LogP contribution in [0.4, 0.5) is 17.1 Å². The van der Waals surface area contributed by atoms with E-state index < -0.39 is 0 Å². The fraction of sp³-hybridized carbons (Fsp3) is 0.192. The van der Waals surface area contributed by atoms with Gasteiger partial charge in [0.05, 0.1) is 11.0 Å². The molecular weight excluding hydrogens is 1220 g/mol. The molecule has 3 aliphatic rings. The van der Waals surface area contributed by atoms with Gasteiger partial charge in [-0.2, -0.15) is 0 Å². The van der Waals surface area contributed by atoms with E-state index >= 15 is 0 Å². The third-order valence-electron chi connectivity index (χ3n) is 23.4. The smallest absolute Gasteiger partial charge is 0.0547 e. The third kappa shape index (κ3) is 11.7. The molecule has 0 fully saturated rings. The minimum absolute atomic E-state index is 0.0518. The molecule has 492 valence electrons. The van der Waals surface area contributed by atoms with E-state index in [2.05, 4.69) is 315 Å². The van der Waals surface area contributed by atoms with Gasteiger partial charge >= 0.3 is 0 Å². The summed E-state index contributed by atoms with van der Waals surface area (Å²) in [5, 5.41) is 8.45. The lowest BCUT2D eigenvalue weighted by Crippen LogP contribution is -2.25. The van der Waals surface area contributed by atoms with Gasteiger partial charge in [-0.25, -0.2) is 0 Å². The van der Waals surface area contributed by atoms with Crippen molar-refractivity contribution in [2.75, 3.05) is 4.90 Å². The zero-order valence-corrected chi connectivity index (χ0v) is 58.4. The van der Waals surface area contributed by atoms with Crippen molar-refractivity contribution < 1.29 is 0 Å². The molecule has 2 heteroatoms. The van der Waals surface area contributed by atoms with Crippen LogP contribution in [-0.2, 0) is 43.9 Å². The van der Waals surface area contributed by atoms with Crippen LogP contribution in [-0.4, -0.2) is 4.57 Å². The van der Waals surface area contributed by atoms with Crippen molar-refractivity contribution in [3.63, 3.8) is 0 Å². The first-order chi connectivity index (χ1) is 49.9. The van der Waals surface area contributed by atoms with Crippen molar-refractivity contribution >= 4 is 60.4 Å². The van der Waals surface area contributed by atoms with E-state index in [0.717, 1.165) is 35.6 Å². The normalized spacial score (nSPS) is 13.2. The van der Waals surface area contributed by atoms with Gasteiger partial charge in [0.2, 0.25) is 0 Å². The zero-order valence-electron chi connectivity index (χ0n) is 58.4. The number of para-hydroxylation sites is 1. The monoisotopic (exact) mass is 1300 g/mol. The predicted molar refractivity (Wildman–Crippen MR) is 429 cm³/mol. The van der Waals surface area contributed by atoms with Crippen LogP contribution in [0.15, 0.2) is 291 Å². The second kappa shape index (κ2) is 26.7. The van der Waals surface area contributed by atoms with Crippen LogP contribution in [0, 0.1) is 13.8 Å². The molecule has 18 rings (SSSR count). The van der Waals surface area contributed by atoms with Gasteiger partial charge in [-0.1, -0.05) is 268 Å². The largest absolute Gasteiger partial charge is 0.311 e. The van der Waals surface area contributed by atoms with E-state index in [9.17, 15) is 0 Å². The summed E-state index contributed by atoms with van der Waals surface area (Å²) < 4.78 is 2.45. The number of aryl methyl sites for hydroxylation is 8. The standard InChI is InChI=1S/C99H86N2/c1-67-36-47-81(48-37-67)100(83-51-41-71(42-52-83)76-44-57-94-93-34-16-17-35-97(93)101(98(94)66-76)84-29-21-28-74(64-84)73-27-20-26-72(61-73)69-22-10-7-11-23-69)82-49-39-70(40-50-82)75-43-56-92-91-53-38-68(2)60-95(91)99(96(92)65-75,58-18-5-3-8-24-77-62-79-45-54-87(79)89-32-14-12-30-85(77)89)59-19-6-4-9-25-78-63-80-46-55-88(80)90-33-15-13-31-86(78)90/h7,10-17,20-23,26-44,47-53,56-57,60-66H,3-6,8-9,18-19,24-25,45-46,54-55,58-59H2,1-2H3. The highest BCUT2D eigenvalue weighted by Crippen LogP contribution is 2.56. The van der Waals surface area contributed by atoms with Gasteiger partial charge in [-0.15, -0.1) is 0 Å². The Balaban J connectivity index is 0.631. The van der Waals surface area contributed by atoms with Crippen LogP contribution >= 0.6 is 0 Å². The molecule has 0 saturated carbocycles. The number of aromatic nitrogens is 1. The molecule has 0 saturated heterocycles. The molecule has 3 aliphatic carbocycles. The number of fused-ring (bicyclic) bond motifs is 12. The summed E-state index contributed by atoms with van der Waals surface area (Å²) in [7, 11) is 0. The molecule has 0 spiro atoms. The van der Waals surface area contributed by atoms with Gasteiger partial charge in [0, 0.05) is 38.9 Å². The van der Waals surface area contributed by atoms with Crippen LogP contribution in [0.2, 0.25) is 0 Å². The zero-order chi connectivity index (χ0) is 67.4. The van der Waals surface area contributed by atoms with Gasteiger partial charge < -0.3 is 9.47 Å². The summed E-state index contributed by atoms with van der Waals surface area (Å²) in [5.74, 6) is 0. The van der Waals surface area contributed by atoms with Gasteiger partial charge in [0.1, 0.15) is 0 Å². The van der Waals surface area contributed by atoms with E-state index in [1.165, 1.54) is 200 Å². The second-order valence-electron chi connectivity index (χ2n) is 29.5. The highest BCUT2D eigenvalue weighted by Gasteiger charge is 2.42. The minimum Gasteiger partial charge on any atom is -0.311 e. The number of nitrogens with zero attached hydrogens (tertiary/aromatic N) is 2. The first-order valence-corrected chi connectivity index (χ1v) is 37.5. The molecule has 1 aromatic heterocycles. The second-order valence-corrected chi connectivity index (χ2v) is 29.5. The number of unbranched alkanes of at least 4 members (excludes halogenated alkanes) is 6. The molecule has 0 amide bonds. The fourth-order valence-corrected chi connectivity index (χ4v) is 17.9. The number of hydrogen-bond acceptors (Lipinski definition) is 1. The van der Waals surface area contributed by atoms with Crippen LogP contribution in [0.1, 0.15) is 120 Å². The van der Waals surface area contributed by atoms with Gasteiger partial charge in [0.15, 0.2) is 0 Å². The predicted octanol–water partition coefficient (Wildman–Crippen LogP) is 26.7. The van der Waals surface area contributed by atoms with Gasteiger partial charge in [-0.3, -0.25) is 0 Å². The molecule has 0 N–H and O–H groups in total. The Hall–Kier alpha value is -10.8. The Labute approximate surface area is 596 Å². The van der Waals surface area contributed by atoms with Crippen molar-refractivity contribution in [2.45, 2.75) is 122 Å². The van der Waals surface area contributed by atoms with Crippen LogP contribution in [0.3, 0.4) is 0 Å². The van der Waals surface area contributed by atoms with Crippen molar-refractivity contribution in [3.05, 3.63) is 347 Å². The highest BCUT2D eigenvalue weighted by atomic mass is 15.1. The van der Waals surface area contributed by atoms with E-state index in [-0.39, 0.29) is 5.41 Å². The quantitative estimate of drug-likeness (QED) is 0.0614. The van der Waals surface area contributed by atoms with Crippen molar-refractivity contribution in [1.29, 1.82) is 0 Å². The van der Waals surface area contributed by atoms with Crippen molar-refractivity contribution in [3.8, 4) is 61.3 Å². The molecule has 0 unspecified atom stereocenters. The summed E-state index contributed by atoms with van der Waals surface area (Å²) >= 11 is 0. The molecule has 15 aromatic rings. The summed E-state index contributed by atoms with van der Waals surface area (Å²) in [6, 6.07) is 111. The van der Waals surface area contributed by atoms with Gasteiger partial charge in [0.25, 0.3) is 0 Å². The van der Waals surface area contributed by atoms with E-state index in [4.69, 9.17) is 0 Å². The summed E-state index contributed by atoms with van der Waals surface area (Å²) in [4.78, 5) is 2.42. The van der Waals surface area contributed by atoms with Crippen LogP contribution in [0.5, 0.6) is 0 Å². The van der Waals surface area contributed by atoms with E-state index in [0.29, 0.717) is 0 Å². The first kappa shape index (κ1) is 62.5. The van der Waals surface area contributed by atoms with E-state index in [1.807, 2.05) is 0 Å². The molecule has 0 radical (unpaired) electrons. The van der Waals surface area contributed by atoms with E-state index in [1.54, 1.807) is 44.5 Å². The Morgan fingerprint density at radius 1 is 0.297 bits per heavy atom. The topological polar surface area (TPSA) is 8.17 Å². The Kier molecular flexibility index (Phi) is 16.5. The van der Waals surface area contributed by atoms with Crippen LogP contribution < -0.4 is 4.90 Å². The third-order valence-corrected chi connectivity index (χ3v) is 23.4. The average molecular weight is 1300 g/mol. The number of rotatable bonds is 22. The molecular formula is C99H86N2. The maximum Gasteiger partial charge on any atom is 0.0547 e. The molecule has 101 heavy (non-hydrogen) atoms. The lowest BCUT2D eigenvalue weighted by atomic mass is 9.70. The number of benzene rings is 14. The molecule has 0 bridgehead atoms. The summed E-state index contributed by atoms with van der Waals surface area (Å²) in [5.41, 5.74) is 34.7. The van der Waals surface area contributed by atoms with Crippen LogP contribution in [0.25, 0.3) is 105 Å². The maximum absolute atomic E-state index is 2.63. The number of anilines is 3. The Morgan fingerprint density at radius 3 is 1.34 bits per heavy atom. The molecule has 0 atom stereocenters. The lowest BCUT2D eigenvalue weighted by Gasteiger charge is -2.33. The number of hydrogen-bond donors (Lipinski definition) is 0. The molecule has 14 aromatic carbocycles. The molecule has 1 heterocycles. The van der Waals surface area contributed by atoms with Crippen molar-refractivity contribution in [2.24, 2.45) is 0 Å². The lowest BCUT2D eigenvalue weighted by molar-refractivity contribution is 0.399. The average Bonchev–Trinajstić information content (AvgIpc) is 1.56. The minimum atomic E-state index is -0.0518. The SMILES string of the molecule is Cc1ccc(N(c2ccc(-c3ccc4c(c3)C(CCCCCCc3cc5c(c6ccccc36)CC5)(CCCCCCc3cc5c(c6ccccc36)CC5)c3cc(C)ccc3-4)cc2)c2ccc(-c3ccc4c5ccccc5n(-c5cccc(-c6cccc(-c7ccccc7)c6)c5)c4c3)cc2)cc1. The Bertz CT molecular complexity index is 5500. The summed E-state index contributed by atoms with van der Waals surface area (Å²) in [6.07, 6.45) is 19.5. The maximum atomic E-state index is 2.63. The van der Waals surface area contributed by atoms with Gasteiger partial charge in [-0.05, 0) is 273 Å². The van der Waals surface area contributed by atoms with Crippen molar-refractivity contribution in [1.82, 2.24) is 4.57 Å². The fourth-order valence-electron chi connectivity index (χ4n) is 17.9. The molecule has 2 nitrogen and oxygen atoms in total. The Morgan fingerprint density at radius 2 is 0.733 bits per heavy atom.